The fraction of sp³-hybridized carbons (Fsp3) is 0.188. The maximum atomic E-state index is 12.3. The van der Waals surface area contributed by atoms with Crippen molar-refractivity contribution in [1.29, 1.82) is 0 Å². The molecule has 4 heteroatoms. The normalized spacial score (nSPS) is 22.6. The monoisotopic (exact) mass is 265 g/mol. The quantitative estimate of drug-likeness (QED) is 0.743. The molecule has 0 saturated heterocycles. The molecule has 4 rings (SSSR count). The number of carbonyl (C=O) groups excluding carboxylic acids is 1. The Balaban J connectivity index is 1.83. The maximum absolute atomic E-state index is 12.3. The van der Waals surface area contributed by atoms with Crippen LogP contribution in [0.1, 0.15) is 24.0 Å². The molecule has 2 heterocycles. The van der Waals surface area contributed by atoms with Crippen LogP contribution in [-0.2, 0) is 4.79 Å². The van der Waals surface area contributed by atoms with Crippen molar-refractivity contribution < 1.29 is 4.79 Å². The largest absolute Gasteiger partial charge is 0.364 e. The molecule has 2 atom stereocenters. The number of amides is 1. The molecule has 4 nitrogen and oxygen atoms in total. The van der Waals surface area contributed by atoms with Gasteiger partial charge in [-0.2, -0.15) is 0 Å². The average molecular weight is 265 g/mol. The summed E-state index contributed by atoms with van der Waals surface area (Å²) in [5.74, 6) is -0.169. The van der Waals surface area contributed by atoms with Gasteiger partial charge in [0.25, 0.3) is 0 Å². The zero-order valence-electron chi connectivity index (χ0n) is 11.1. The molecule has 2 aromatic carbocycles. The van der Waals surface area contributed by atoms with Gasteiger partial charge < -0.3 is 16.0 Å². The summed E-state index contributed by atoms with van der Waals surface area (Å²) in [7, 11) is 0. The number of rotatable bonds is 1. The Morgan fingerprint density at radius 1 is 0.950 bits per heavy atom. The third-order valence-corrected chi connectivity index (χ3v) is 3.90. The first-order valence-electron chi connectivity index (χ1n) is 6.79. The Kier molecular flexibility index (Phi) is 2.27. The first-order valence-corrected chi connectivity index (χ1v) is 6.79. The Morgan fingerprint density at radius 2 is 1.65 bits per heavy atom. The lowest BCUT2D eigenvalue weighted by atomic mass is 9.92. The highest BCUT2D eigenvalue weighted by Crippen LogP contribution is 2.43. The van der Waals surface area contributed by atoms with E-state index in [1.165, 1.54) is 0 Å². The molecule has 20 heavy (non-hydrogen) atoms. The second kappa shape index (κ2) is 4.00. The van der Waals surface area contributed by atoms with E-state index >= 15 is 0 Å². The number of hydrogen-bond donors (Lipinski definition) is 3. The van der Waals surface area contributed by atoms with Gasteiger partial charge in [-0.15, -0.1) is 0 Å². The first-order chi connectivity index (χ1) is 9.72. The van der Waals surface area contributed by atoms with Gasteiger partial charge in [-0.1, -0.05) is 30.3 Å². The van der Waals surface area contributed by atoms with Crippen molar-refractivity contribution >= 4 is 23.0 Å². The highest BCUT2D eigenvalue weighted by Gasteiger charge is 2.33. The van der Waals surface area contributed by atoms with Gasteiger partial charge in [-0.3, -0.25) is 4.79 Å². The lowest BCUT2D eigenvalue weighted by molar-refractivity contribution is -0.116. The van der Waals surface area contributed by atoms with Crippen LogP contribution in [0.5, 0.6) is 0 Å². The fourth-order valence-electron chi connectivity index (χ4n) is 3.03. The van der Waals surface area contributed by atoms with E-state index in [0.29, 0.717) is 0 Å². The Morgan fingerprint density at radius 3 is 2.40 bits per heavy atom. The van der Waals surface area contributed by atoms with Gasteiger partial charge >= 0.3 is 0 Å². The Bertz CT molecular complexity index is 696. The zero-order chi connectivity index (χ0) is 13.7. The molecule has 0 aromatic heterocycles. The van der Waals surface area contributed by atoms with Gasteiger partial charge in [0.1, 0.15) is 0 Å². The molecule has 0 bridgehead atoms. The van der Waals surface area contributed by atoms with Crippen LogP contribution in [0.4, 0.5) is 17.1 Å². The smallest absolute Gasteiger partial charge is 0.236 e. The molecule has 1 amide bonds. The van der Waals surface area contributed by atoms with Crippen LogP contribution in [0.3, 0.4) is 0 Å². The summed E-state index contributed by atoms with van der Waals surface area (Å²) in [5.41, 5.74) is 5.09. The second-order valence-corrected chi connectivity index (χ2v) is 5.33. The van der Waals surface area contributed by atoms with E-state index in [-0.39, 0.29) is 18.0 Å². The fourth-order valence-corrected chi connectivity index (χ4v) is 3.03. The van der Waals surface area contributed by atoms with Gasteiger partial charge in [0.05, 0.1) is 23.5 Å². The predicted molar refractivity (Wildman–Crippen MR) is 80.1 cm³/mol. The summed E-state index contributed by atoms with van der Waals surface area (Å²) >= 11 is 0. The number of nitrogens with one attached hydrogen (secondary N) is 3. The van der Waals surface area contributed by atoms with Crippen molar-refractivity contribution in [3.8, 4) is 0 Å². The molecule has 3 N–H and O–H groups in total. The lowest BCUT2D eigenvalue weighted by Gasteiger charge is -2.10. The minimum Gasteiger partial charge on any atom is -0.364 e. The first kappa shape index (κ1) is 11.3. The van der Waals surface area contributed by atoms with Crippen molar-refractivity contribution in [2.45, 2.75) is 19.0 Å². The molecule has 2 aliphatic heterocycles. The van der Waals surface area contributed by atoms with Crippen molar-refractivity contribution in [1.82, 2.24) is 0 Å². The van der Waals surface area contributed by atoms with Crippen molar-refractivity contribution in [3.63, 3.8) is 0 Å². The predicted octanol–water partition coefficient (Wildman–Crippen LogP) is 2.95. The van der Waals surface area contributed by atoms with Crippen LogP contribution >= 0.6 is 0 Å². The molecule has 2 aromatic rings. The number of benzene rings is 2. The van der Waals surface area contributed by atoms with E-state index in [9.17, 15) is 4.79 Å². The van der Waals surface area contributed by atoms with Crippen LogP contribution < -0.4 is 16.0 Å². The van der Waals surface area contributed by atoms with Crippen LogP contribution in [0.2, 0.25) is 0 Å². The van der Waals surface area contributed by atoms with E-state index < -0.39 is 0 Å². The zero-order valence-corrected chi connectivity index (χ0v) is 11.1. The minimum absolute atomic E-state index is 0.0444. The van der Waals surface area contributed by atoms with Crippen LogP contribution in [0.25, 0.3) is 0 Å². The summed E-state index contributed by atoms with van der Waals surface area (Å²) in [6, 6.07) is 14.0. The molecule has 0 saturated carbocycles. The number of anilines is 3. The number of hydrogen-bond acceptors (Lipinski definition) is 3. The molecular formula is C16H15N3O. The minimum atomic E-state index is -0.214. The van der Waals surface area contributed by atoms with Crippen molar-refractivity contribution in [3.05, 3.63) is 53.6 Å². The lowest BCUT2D eigenvalue weighted by Crippen LogP contribution is -2.16. The van der Waals surface area contributed by atoms with Crippen LogP contribution in [0.15, 0.2) is 42.5 Å². The van der Waals surface area contributed by atoms with Gasteiger partial charge in [0.15, 0.2) is 0 Å². The van der Waals surface area contributed by atoms with E-state index in [2.05, 4.69) is 28.9 Å². The van der Waals surface area contributed by atoms with Gasteiger partial charge in [-0.25, -0.2) is 0 Å². The maximum Gasteiger partial charge on any atom is 0.236 e. The summed E-state index contributed by atoms with van der Waals surface area (Å²) in [4.78, 5) is 12.3. The summed E-state index contributed by atoms with van der Waals surface area (Å²) in [6.45, 7) is 2.07. The second-order valence-electron chi connectivity index (χ2n) is 5.33. The Hall–Kier alpha value is -2.49. The highest BCUT2D eigenvalue weighted by molar-refractivity contribution is 6.06. The molecule has 2 unspecified atom stereocenters. The number of carbonyl (C=O) groups is 1. The van der Waals surface area contributed by atoms with E-state index in [0.717, 1.165) is 28.2 Å². The molecule has 0 aliphatic carbocycles. The van der Waals surface area contributed by atoms with Crippen molar-refractivity contribution in [2.24, 2.45) is 0 Å². The van der Waals surface area contributed by atoms with Gasteiger partial charge in [-0.05, 0) is 30.2 Å². The van der Waals surface area contributed by atoms with Crippen LogP contribution in [-0.4, -0.2) is 12.1 Å². The molecule has 2 aliphatic rings. The highest BCUT2D eigenvalue weighted by atomic mass is 16.2. The van der Waals surface area contributed by atoms with E-state index in [1.54, 1.807) is 0 Å². The molecule has 100 valence electrons. The van der Waals surface area contributed by atoms with E-state index in [4.69, 9.17) is 0 Å². The third kappa shape index (κ3) is 1.58. The van der Waals surface area contributed by atoms with Gasteiger partial charge in [0, 0.05) is 5.69 Å². The topological polar surface area (TPSA) is 53.2 Å². The summed E-state index contributed by atoms with van der Waals surface area (Å²) in [5, 5.41) is 9.68. The van der Waals surface area contributed by atoms with Crippen LogP contribution in [0, 0.1) is 0 Å². The molecular weight excluding hydrogens is 250 g/mol. The molecule has 0 spiro atoms. The number of fused-ring (bicyclic) bond motifs is 2. The van der Waals surface area contributed by atoms with Gasteiger partial charge in [0.2, 0.25) is 5.91 Å². The SMILES string of the molecule is CC1Nc2cc3c(cc2N1)C(c1ccccc1)C(=O)N3. The molecule has 0 fully saturated rings. The van der Waals surface area contributed by atoms with Crippen molar-refractivity contribution in [2.75, 3.05) is 16.0 Å². The molecule has 0 radical (unpaired) electrons. The summed E-state index contributed by atoms with van der Waals surface area (Å²) < 4.78 is 0. The Labute approximate surface area is 117 Å². The standard InChI is InChI=1S/C16H15N3O/c1-9-17-13-7-11-12(8-14(13)18-9)19-16(20)15(11)10-5-3-2-4-6-10/h2-9,15,17-18H,1H3,(H,19,20). The van der Waals surface area contributed by atoms with E-state index in [1.807, 2.05) is 36.4 Å². The third-order valence-electron chi connectivity index (χ3n) is 3.90. The summed E-state index contributed by atoms with van der Waals surface area (Å²) in [6.07, 6.45) is 0.221. The average Bonchev–Trinajstić information content (AvgIpc) is 2.94.